The van der Waals surface area contributed by atoms with Gasteiger partial charge in [-0.1, -0.05) is 23.7 Å². The van der Waals surface area contributed by atoms with Crippen molar-refractivity contribution < 1.29 is 30.3 Å². The van der Waals surface area contributed by atoms with E-state index in [4.69, 9.17) is 20.0 Å². The topological polar surface area (TPSA) is 138 Å². The molecule has 3 rings (SSSR count). The maximum atomic E-state index is 12.1. The number of aromatic nitrogens is 3. The molecule has 1 aliphatic carbocycles. The van der Waals surface area contributed by atoms with Crippen molar-refractivity contribution >= 4 is 31.8 Å². The second-order valence-corrected chi connectivity index (χ2v) is 12.0. The van der Waals surface area contributed by atoms with Crippen LogP contribution in [0.15, 0.2) is 36.9 Å². The Hall–Kier alpha value is -1.57. The summed E-state index contributed by atoms with van der Waals surface area (Å²) in [5, 5.41) is 16.7. The minimum Gasteiger partial charge on any atom is -0.387 e. The molecule has 1 heterocycles. The van der Waals surface area contributed by atoms with Crippen LogP contribution in [0.1, 0.15) is 18.4 Å². The molecule has 0 saturated heterocycles. The van der Waals surface area contributed by atoms with Crippen LogP contribution in [-0.2, 0) is 41.6 Å². The predicted molar refractivity (Wildman–Crippen MR) is 117 cm³/mol. The number of benzene rings is 1. The first-order chi connectivity index (χ1) is 14.8. The van der Waals surface area contributed by atoms with Crippen LogP contribution >= 0.6 is 11.6 Å². The van der Waals surface area contributed by atoms with Crippen molar-refractivity contribution in [2.75, 3.05) is 25.7 Å². The minimum atomic E-state index is -3.86. The Balaban J connectivity index is 2.01. The quantitative estimate of drug-likeness (QED) is 0.471. The fraction of sp³-hybridized carbons (Fsp3) is 0.579. The average molecular weight is 508 g/mol. The molecule has 1 N–H and O–H groups in total. The zero-order valence-electron chi connectivity index (χ0n) is 17.7. The van der Waals surface area contributed by atoms with Gasteiger partial charge in [0.15, 0.2) is 0 Å². The summed E-state index contributed by atoms with van der Waals surface area (Å²) in [6.07, 6.45) is 5.74. The molecule has 1 aliphatic rings. The van der Waals surface area contributed by atoms with Crippen LogP contribution in [0.25, 0.3) is 0 Å². The fourth-order valence-corrected chi connectivity index (χ4v) is 5.25. The number of hydrogen-bond acceptors (Lipinski definition) is 9. The lowest BCUT2D eigenvalue weighted by Gasteiger charge is -2.44. The van der Waals surface area contributed by atoms with Crippen molar-refractivity contribution in [3.05, 3.63) is 47.5 Å². The molecule has 13 heteroatoms. The molecule has 0 aliphatic heterocycles. The first kappa shape index (κ1) is 25.1. The molecule has 0 amide bonds. The van der Waals surface area contributed by atoms with Gasteiger partial charge in [0.2, 0.25) is 0 Å². The highest BCUT2D eigenvalue weighted by Crippen LogP contribution is 2.53. The van der Waals surface area contributed by atoms with Crippen molar-refractivity contribution in [3.63, 3.8) is 0 Å². The van der Waals surface area contributed by atoms with Crippen LogP contribution in [-0.4, -0.2) is 68.0 Å². The van der Waals surface area contributed by atoms with Crippen LogP contribution in [0.5, 0.6) is 0 Å². The van der Waals surface area contributed by atoms with Crippen molar-refractivity contribution in [2.24, 2.45) is 11.3 Å². The maximum absolute atomic E-state index is 12.1. The highest BCUT2D eigenvalue weighted by Gasteiger charge is 2.60. The van der Waals surface area contributed by atoms with Gasteiger partial charge in [0, 0.05) is 5.02 Å². The van der Waals surface area contributed by atoms with E-state index in [0.29, 0.717) is 17.9 Å². The van der Waals surface area contributed by atoms with Gasteiger partial charge in [0.05, 0.1) is 43.3 Å². The van der Waals surface area contributed by atoms with Gasteiger partial charge in [-0.15, -0.1) is 0 Å². The zero-order chi connectivity index (χ0) is 23.6. The molecule has 32 heavy (non-hydrogen) atoms. The minimum absolute atomic E-state index is 0.0501. The Morgan fingerprint density at radius 3 is 2.22 bits per heavy atom. The summed E-state index contributed by atoms with van der Waals surface area (Å²) < 4.78 is 58.6. The Labute approximate surface area is 192 Å². The smallest absolute Gasteiger partial charge is 0.264 e. The van der Waals surface area contributed by atoms with Crippen LogP contribution in [0.4, 0.5) is 0 Å². The van der Waals surface area contributed by atoms with Gasteiger partial charge in [0.25, 0.3) is 20.2 Å². The van der Waals surface area contributed by atoms with Gasteiger partial charge in [-0.2, -0.15) is 21.9 Å². The molecular weight excluding hydrogens is 482 g/mol. The molecule has 10 nitrogen and oxygen atoms in total. The molecule has 2 atom stereocenters. The molecular formula is C19H26ClN3O7S2. The molecule has 1 aromatic heterocycles. The lowest BCUT2D eigenvalue weighted by atomic mass is 9.71. The van der Waals surface area contributed by atoms with E-state index in [-0.39, 0.29) is 18.9 Å². The summed E-state index contributed by atoms with van der Waals surface area (Å²) >= 11 is 5.98. The van der Waals surface area contributed by atoms with E-state index in [1.54, 1.807) is 12.1 Å². The molecule has 0 radical (unpaired) electrons. The summed E-state index contributed by atoms with van der Waals surface area (Å²) in [5.74, 6) is -0.376. The molecule has 1 aromatic carbocycles. The molecule has 1 fully saturated rings. The van der Waals surface area contributed by atoms with Crippen LogP contribution in [0.2, 0.25) is 5.02 Å². The largest absolute Gasteiger partial charge is 0.387 e. The third-order valence-electron chi connectivity index (χ3n) is 5.93. The summed E-state index contributed by atoms with van der Waals surface area (Å²) in [5.41, 5.74) is -2.03. The highest BCUT2D eigenvalue weighted by molar-refractivity contribution is 7.86. The molecule has 1 saturated carbocycles. The van der Waals surface area contributed by atoms with E-state index in [0.717, 1.165) is 18.1 Å². The predicted octanol–water partition coefficient (Wildman–Crippen LogP) is 1.25. The lowest BCUT2D eigenvalue weighted by molar-refractivity contribution is -0.134. The van der Waals surface area contributed by atoms with E-state index in [1.807, 2.05) is 12.1 Å². The van der Waals surface area contributed by atoms with E-state index in [9.17, 15) is 21.9 Å². The van der Waals surface area contributed by atoms with Gasteiger partial charge >= 0.3 is 0 Å². The van der Waals surface area contributed by atoms with E-state index >= 15 is 0 Å². The first-order valence-electron chi connectivity index (χ1n) is 9.80. The van der Waals surface area contributed by atoms with Gasteiger partial charge in [-0.05, 0) is 42.9 Å². The van der Waals surface area contributed by atoms with Crippen molar-refractivity contribution in [1.82, 2.24) is 14.8 Å². The Bertz CT molecular complexity index is 1090. The number of hydrogen-bond donors (Lipinski definition) is 1. The Kier molecular flexibility index (Phi) is 7.32. The van der Waals surface area contributed by atoms with Crippen LogP contribution in [0, 0.1) is 11.3 Å². The Morgan fingerprint density at radius 1 is 1.12 bits per heavy atom. The molecule has 0 spiro atoms. The number of nitrogens with zero attached hydrogens (tertiary/aromatic N) is 3. The maximum Gasteiger partial charge on any atom is 0.264 e. The lowest BCUT2D eigenvalue weighted by Crippen LogP contribution is -2.56. The van der Waals surface area contributed by atoms with Crippen molar-refractivity contribution in [1.29, 1.82) is 0 Å². The number of aliphatic hydroxyl groups is 1. The first-order valence-corrected chi connectivity index (χ1v) is 13.8. The zero-order valence-corrected chi connectivity index (χ0v) is 20.1. The third-order valence-corrected chi connectivity index (χ3v) is 7.27. The Morgan fingerprint density at radius 2 is 1.72 bits per heavy atom. The fourth-order valence-electron chi connectivity index (χ4n) is 4.25. The second-order valence-electron chi connectivity index (χ2n) is 8.30. The average Bonchev–Trinajstić information content (AvgIpc) is 3.27. The molecule has 2 unspecified atom stereocenters. The monoisotopic (exact) mass is 507 g/mol. The summed E-state index contributed by atoms with van der Waals surface area (Å²) in [6, 6.07) is 7.18. The molecule has 2 aromatic rings. The van der Waals surface area contributed by atoms with Crippen LogP contribution in [0.3, 0.4) is 0 Å². The molecule has 0 bridgehead atoms. The standard InChI is InChI=1S/C19H26ClN3O7S2/c1-31(25,26)29-11-18(12-30-32(2,27)28)8-7-16(9-15-3-5-17(20)6-4-15)19(18,24)10-23-14-21-13-22-23/h3-6,13-14,16,24H,7-12H2,1-2H3. The number of rotatable bonds is 10. The van der Waals surface area contributed by atoms with Crippen molar-refractivity contribution in [2.45, 2.75) is 31.4 Å². The van der Waals surface area contributed by atoms with Gasteiger partial charge < -0.3 is 5.11 Å². The second kappa shape index (κ2) is 9.35. The SMILES string of the molecule is CS(=O)(=O)OCC1(COS(C)(=O)=O)CCC(Cc2ccc(Cl)cc2)C1(O)Cn1cncn1. The summed E-state index contributed by atoms with van der Waals surface area (Å²) in [4.78, 5) is 3.90. The van der Waals surface area contributed by atoms with Crippen molar-refractivity contribution in [3.8, 4) is 0 Å². The van der Waals surface area contributed by atoms with E-state index in [1.165, 1.54) is 17.3 Å². The van der Waals surface area contributed by atoms with Gasteiger partial charge in [-0.3, -0.25) is 13.0 Å². The highest BCUT2D eigenvalue weighted by atomic mass is 35.5. The van der Waals surface area contributed by atoms with E-state index in [2.05, 4.69) is 10.1 Å². The van der Waals surface area contributed by atoms with E-state index < -0.39 is 44.5 Å². The normalized spacial score (nSPS) is 23.4. The van der Waals surface area contributed by atoms with Gasteiger partial charge in [-0.25, -0.2) is 4.98 Å². The van der Waals surface area contributed by atoms with Crippen LogP contribution < -0.4 is 0 Å². The molecule has 178 valence electrons. The summed E-state index contributed by atoms with van der Waals surface area (Å²) in [7, 11) is -7.72. The summed E-state index contributed by atoms with van der Waals surface area (Å²) in [6.45, 7) is -0.932. The van der Waals surface area contributed by atoms with Gasteiger partial charge in [0.1, 0.15) is 12.7 Å². The number of halogens is 1. The third kappa shape index (κ3) is 6.06.